The van der Waals surface area contributed by atoms with Gasteiger partial charge in [0.25, 0.3) is 0 Å². The minimum atomic E-state index is -0.112. The fraction of sp³-hybridized carbons (Fsp3) is 0.400. The lowest BCUT2D eigenvalue weighted by Gasteiger charge is -2.15. The van der Waals surface area contributed by atoms with Crippen LogP contribution in [0.2, 0.25) is 0 Å². The highest BCUT2D eigenvalue weighted by Gasteiger charge is 2.28. The Balaban J connectivity index is 2.03. The van der Waals surface area contributed by atoms with Gasteiger partial charge >= 0.3 is 0 Å². The summed E-state index contributed by atoms with van der Waals surface area (Å²) < 4.78 is 6.48. The van der Waals surface area contributed by atoms with Crippen molar-refractivity contribution in [2.45, 2.75) is 19.0 Å². The molecule has 0 saturated carbocycles. The highest BCUT2D eigenvalue weighted by atomic mass is 79.9. The predicted molar refractivity (Wildman–Crippen MR) is 81.4 cm³/mol. The van der Waals surface area contributed by atoms with Gasteiger partial charge in [-0.15, -0.1) is 6.42 Å². The number of hydrogen-bond donors (Lipinski definition) is 1. The van der Waals surface area contributed by atoms with Crippen LogP contribution in [0.25, 0.3) is 0 Å². The van der Waals surface area contributed by atoms with Crippen LogP contribution in [0.3, 0.4) is 0 Å². The first-order valence-electron chi connectivity index (χ1n) is 6.45. The predicted octanol–water partition coefficient (Wildman–Crippen LogP) is 1.78. The number of likely N-dealkylation sites (tertiary alicyclic amines) is 1. The lowest BCUT2D eigenvalue weighted by atomic mass is 10.1. The summed E-state index contributed by atoms with van der Waals surface area (Å²) in [7, 11) is 1.82. The van der Waals surface area contributed by atoms with Gasteiger partial charge in [-0.25, -0.2) is 0 Å². The molecule has 0 aliphatic carbocycles. The van der Waals surface area contributed by atoms with Crippen molar-refractivity contribution < 1.29 is 9.53 Å². The number of likely N-dealkylation sites (N-methyl/N-ethyl adjacent to an activating group) is 1. The Morgan fingerprint density at radius 3 is 3.05 bits per heavy atom. The molecule has 20 heavy (non-hydrogen) atoms. The topological polar surface area (TPSA) is 41.6 Å². The van der Waals surface area contributed by atoms with E-state index in [0.717, 1.165) is 28.8 Å². The molecule has 1 aromatic carbocycles. The second kappa shape index (κ2) is 6.78. The number of ether oxygens (including phenoxy) is 1. The number of amides is 1. The Kier molecular flexibility index (Phi) is 5.05. The van der Waals surface area contributed by atoms with Crippen LogP contribution in [0.4, 0.5) is 0 Å². The number of rotatable bonds is 5. The second-order valence-corrected chi connectivity index (χ2v) is 5.64. The maximum Gasteiger partial charge on any atom is 0.239 e. The monoisotopic (exact) mass is 336 g/mol. The molecule has 1 aliphatic heterocycles. The summed E-state index contributed by atoms with van der Waals surface area (Å²) in [6.45, 7) is 1.61. The molecule has 1 aromatic rings. The van der Waals surface area contributed by atoms with Crippen molar-refractivity contribution in [1.29, 1.82) is 0 Å². The zero-order chi connectivity index (χ0) is 14.5. The van der Waals surface area contributed by atoms with E-state index in [0.29, 0.717) is 6.54 Å². The van der Waals surface area contributed by atoms with Crippen LogP contribution in [-0.2, 0) is 11.3 Å². The maximum absolute atomic E-state index is 11.8. The van der Waals surface area contributed by atoms with Crippen LogP contribution < -0.4 is 10.1 Å². The van der Waals surface area contributed by atoms with Gasteiger partial charge in [0.15, 0.2) is 0 Å². The Labute approximate surface area is 127 Å². The largest absolute Gasteiger partial charge is 0.481 e. The number of nitrogens with zero attached hydrogens (tertiary/aromatic N) is 1. The highest BCUT2D eigenvalue weighted by molar-refractivity contribution is 9.10. The van der Waals surface area contributed by atoms with E-state index < -0.39 is 0 Å². The Morgan fingerprint density at radius 1 is 1.60 bits per heavy atom. The molecule has 1 saturated heterocycles. The molecule has 2 rings (SSSR count). The van der Waals surface area contributed by atoms with Gasteiger partial charge in [0.1, 0.15) is 12.4 Å². The van der Waals surface area contributed by atoms with Crippen molar-refractivity contribution in [1.82, 2.24) is 10.2 Å². The molecule has 1 N–H and O–H groups in total. The van der Waals surface area contributed by atoms with Crippen LogP contribution >= 0.6 is 15.9 Å². The second-order valence-electron chi connectivity index (χ2n) is 4.73. The summed E-state index contributed by atoms with van der Waals surface area (Å²) in [5.74, 6) is 3.35. The van der Waals surface area contributed by atoms with E-state index in [1.807, 2.05) is 25.2 Å². The van der Waals surface area contributed by atoms with E-state index in [4.69, 9.17) is 11.2 Å². The first-order chi connectivity index (χ1) is 9.61. The normalized spacial score (nSPS) is 18.1. The number of nitrogens with one attached hydrogen (secondary N) is 1. The Morgan fingerprint density at radius 2 is 2.40 bits per heavy atom. The third-order valence-electron chi connectivity index (χ3n) is 3.30. The van der Waals surface area contributed by atoms with E-state index in [-0.39, 0.29) is 18.6 Å². The van der Waals surface area contributed by atoms with E-state index in [1.54, 1.807) is 4.90 Å². The van der Waals surface area contributed by atoms with Crippen molar-refractivity contribution in [3.8, 4) is 18.1 Å². The van der Waals surface area contributed by atoms with E-state index in [1.165, 1.54) is 0 Å². The summed E-state index contributed by atoms with van der Waals surface area (Å²) in [4.78, 5) is 13.6. The smallest absolute Gasteiger partial charge is 0.239 e. The quantitative estimate of drug-likeness (QED) is 0.833. The Bertz CT molecular complexity index is 539. The number of hydrogen-bond acceptors (Lipinski definition) is 3. The molecular weight excluding hydrogens is 320 g/mol. The molecular formula is C15H17BrN2O2. The van der Waals surface area contributed by atoms with Gasteiger partial charge in [-0.1, -0.05) is 21.9 Å². The van der Waals surface area contributed by atoms with E-state index in [9.17, 15) is 4.79 Å². The van der Waals surface area contributed by atoms with E-state index in [2.05, 4.69) is 27.2 Å². The van der Waals surface area contributed by atoms with Crippen LogP contribution in [0, 0.1) is 12.3 Å². The fourth-order valence-electron chi connectivity index (χ4n) is 2.19. The SMILES string of the molecule is C#CCOc1ccc(Br)cc1CNC1CCN(C)C1=O. The number of terminal acetylenes is 1. The standard InChI is InChI=1S/C15H17BrN2O2/c1-3-8-20-14-5-4-12(16)9-11(14)10-17-13-6-7-18(2)15(13)19/h1,4-5,9,13,17H,6-8,10H2,2H3. The summed E-state index contributed by atoms with van der Waals surface area (Å²) in [6.07, 6.45) is 6.05. The fourth-order valence-corrected chi connectivity index (χ4v) is 2.60. The molecule has 1 fully saturated rings. The minimum Gasteiger partial charge on any atom is -0.481 e. The first kappa shape index (κ1) is 14.9. The lowest BCUT2D eigenvalue weighted by molar-refractivity contribution is -0.128. The molecule has 1 heterocycles. The average molecular weight is 337 g/mol. The summed E-state index contributed by atoms with van der Waals surface area (Å²) in [5.41, 5.74) is 0.983. The van der Waals surface area contributed by atoms with Crippen LogP contribution in [0.1, 0.15) is 12.0 Å². The van der Waals surface area contributed by atoms with Crippen molar-refractivity contribution in [2.24, 2.45) is 0 Å². The minimum absolute atomic E-state index is 0.112. The number of carbonyl (C=O) groups is 1. The van der Waals surface area contributed by atoms with Crippen LogP contribution in [0.15, 0.2) is 22.7 Å². The van der Waals surface area contributed by atoms with E-state index >= 15 is 0 Å². The molecule has 1 amide bonds. The van der Waals surface area contributed by atoms with Crippen molar-refractivity contribution >= 4 is 21.8 Å². The van der Waals surface area contributed by atoms with Gasteiger partial charge in [-0.2, -0.15) is 0 Å². The molecule has 106 valence electrons. The van der Waals surface area contributed by atoms with Gasteiger partial charge in [-0.3, -0.25) is 4.79 Å². The van der Waals surface area contributed by atoms with Gasteiger partial charge in [0.05, 0.1) is 6.04 Å². The molecule has 0 bridgehead atoms. The molecule has 1 aliphatic rings. The van der Waals surface area contributed by atoms with Crippen molar-refractivity contribution in [2.75, 3.05) is 20.2 Å². The average Bonchev–Trinajstić information content (AvgIpc) is 2.75. The summed E-state index contributed by atoms with van der Waals surface area (Å²) in [6, 6.07) is 5.65. The molecule has 4 nitrogen and oxygen atoms in total. The number of carbonyl (C=O) groups excluding carboxylic acids is 1. The molecule has 5 heteroatoms. The molecule has 0 radical (unpaired) electrons. The highest BCUT2D eigenvalue weighted by Crippen LogP contribution is 2.23. The number of halogens is 1. The number of benzene rings is 1. The van der Waals surface area contributed by atoms with Crippen LogP contribution in [-0.4, -0.2) is 37.0 Å². The third kappa shape index (κ3) is 3.53. The maximum atomic E-state index is 11.8. The lowest BCUT2D eigenvalue weighted by Crippen LogP contribution is -2.36. The third-order valence-corrected chi connectivity index (χ3v) is 3.79. The summed E-state index contributed by atoms with van der Waals surface area (Å²) >= 11 is 3.44. The van der Waals surface area contributed by atoms with Gasteiger partial charge in [-0.05, 0) is 24.6 Å². The van der Waals surface area contributed by atoms with Crippen molar-refractivity contribution in [3.05, 3.63) is 28.2 Å². The van der Waals surface area contributed by atoms with Gasteiger partial charge in [0, 0.05) is 30.2 Å². The molecule has 0 spiro atoms. The molecule has 1 unspecified atom stereocenters. The van der Waals surface area contributed by atoms with Crippen LogP contribution in [0.5, 0.6) is 5.75 Å². The molecule has 1 atom stereocenters. The van der Waals surface area contributed by atoms with Gasteiger partial charge in [0.2, 0.25) is 5.91 Å². The summed E-state index contributed by atoms with van der Waals surface area (Å²) in [5, 5.41) is 3.28. The molecule has 0 aromatic heterocycles. The van der Waals surface area contributed by atoms with Crippen molar-refractivity contribution in [3.63, 3.8) is 0 Å². The first-order valence-corrected chi connectivity index (χ1v) is 7.24. The zero-order valence-corrected chi connectivity index (χ0v) is 12.9. The zero-order valence-electron chi connectivity index (χ0n) is 11.4. The Hall–Kier alpha value is -1.51. The van der Waals surface area contributed by atoms with Gasteiger partial charge < -0.3 is 15.0 Å².